The normalized spacial score (nSPS) is 17.6. The Balaban J connectivity index is 2.53. The Morgan fingerprint density at radius 2 is 1.85 bits per heavy atom. The van der Waals surface area contributed by atoms with Crippen LogP contribution in [0.25, 0.3) is 0 Å². The number of hydrogen-bond acceptors (Lipinski definition) is 6. The number of esters is 1. The topological polar surface area (TPSA) is 91.1 Å². The van der Waals surface area contributed by atoms with Crippen molar-refractivity contribution in [3.63, 3.8) is 0 Å². The van der Waals surface area contributed by atoms with Gasteiger partial charge in [-0.15, -0.1) is 0 Å². The molecule has 1 heterocycles. The Morgan fingerprint density at radius 3 is 2.25 bits per heavy atom. The molecule has 0 saturated carbocycles. The fraction of sp³-hybridized carbons (Fsp3) is 0.846. The standard InChI is InChI=1S/C13H24N2O5/c1-9(2)6-18-10(16)13(20-14)7-15(8-13)11(17)19-12(3,4)5/h9H,6-8,14H2,1-5H3. The van der Waals surface area contributed by atoms with Crippen molar-refractivity contribution < 1.29 is 23.9 Å². The Hall–Kier alpha value is -1.34. The number of ether oxygens (including phenoxy) is 2. The number of rotatable bonds is 4. The number of nitrogens with two attached hydrogens (primary N) is 1. The molecule has 1 saturated heterocycles. The van der Waals surface area contributed by atoms with Gasteiger partial charge in [0, 0.05) is 0 Å². The van der Waals surface area contributed by atoms with Gasteiger partial charge in [0.05, 0.1) is 19.7 Å². The lowest BCUT2D eigenvalue weighted by Gasteiger charge is -2.45. The summed E-state index contributed by atoms with van der Waals surface area (Å²) in [5.41, 5.74) is -1.86. The van der Waals surface area contributed by atoms with Crippen LogP contribution in [0.4, 0.5) is 4.79 Å². The third-order valence-electron chi connectivity index (χ3n) is 2.69. The third-order valence-corrected chi connectivity index (χ3v) is 2.69. The first-order valence-electron chi connectivity index (χ1n) is 6.63. The molecular formula is C13H24N2O5. The molecule has 0 aromatic carbocycles. The third kappa shape index (κ3) is 4.08. The van der Waals surface area contributed by atoms with E-state index in [9.17, 15) is 9.59 Å². The van der Waals surface area contributed by atoms with Crippen LogP contribution in [0.15, 0.2) is 0 Å². The van der Waals surface area contributed by atoms with Crippen LogP contribution in [0.1, 0.15) is 34.6 Å². The average molecular weight is 288 g/mol. The SMILES string of the molecule is CC(C)COC(=O)C1(ON)CN(C(=O)OC(C)(C)C)C1. The summed E-state index contributed by atoms with van der Waals surface area (Å²) in [5.74, 6) is 4.86. The van der Waals surface area contributed by atoms with Crippen molar-refractivity contribution in [2.45, 2.75) is 45.8 Å². The molecule has 1 amide bonds. The van der Waals surface area contributed by atoms with Crippen molar-refractivity contribution >= 4 is 12.1 Å². The van der Waals surface area contributed by atoms with Gasteiger partial charge in [-0.05, 0) is 26.7 Å². The van der Waals surface area contributed by atoms with Crippen LogP contribution in [-0.2, 0) is 19.1 Å². The molecule has 0 radical (unpaired) electrons. The Kier molecular flexibility index (Phi) is 4.99. The van der Waals surface area contributed by atoms with E-state index in [2.05, 4.69) is 0 Å². The molecule has 20 heavy (non-hydrogen) atoms. The van der Waals surface area contributed by atoms with Crippen LogP contribution in [-0.4, -0.2) is 47.9 Å². The fourth-order valence-electron chi connectivity index (χ4n) is 1.65. The fourth-order valence-corrected chi connectivity index (χ4v) is 1.65. The van der Waals surface area contributed by atoms with Crippen molar-refractivity contribution in [2.75, 3.05) is 19.7 Å². The highest BCUT2D eigenvalue weighted by molar-refractivity contribution is 5.84. The molecule has 7 heteroatoms. The van der Waals surface area contributed by atoms with E-state index >= 15 is 0 Å². The number of nitrogens with zero attached hydrogens (tertiary/aromatic N) is 1. The summed E-state index contributed by atoms with van der Waals surface area (Å²) in [7, 11) is 0. The maximum atomic E-state index is 11.9. The quantitative estimate of drug-likeness (QED) is 0.614. The highest BCUT2D eigenvalue weighted by Crippen LogP contribution is 2.27. The van der Waals surface area contributed by atoms with E-state index in [-0.39, 0.29) is 25.6 Å². The van der Waals surface area contributed by atoms with Crippen molar-refractivity contribution in [3.8, 4) is 0 Å². The second kappa shape index (κ2) is 5.97. The summed E-state index contributed by atoms with van der Waals surface area (Å²) in [4.78, 5) is 29.8. The van der Waals surface area contributed by atoms with E-state index in [4.69, 9.17) is 20.2 Å². The Bertz CT molecular complexity index is 369. The largest absolute Gasteiger partial charge is 0.463 e. The van der Waals surface area contributed by atoms with Crippen molar-refractivity contribution in [2.24, 2.45) is 11.8 Å². The van der Waals surface area contributed by atoms with Gasteiger partial charge in [0.1, 0.15) is 5.60 Å². The van der Waals surface area contributed by atoms with Gasteiger partial charge in [0.2, 0.25) is 5.60 Å². The minimum absolute atomic E-state index is 0.0370. The summed E-state index contributed by atoms with van der Waals surface area (Å²) in [6, 6.07) is 0. The van der Waals surface area contributed by atoms with E-state index in [0.29, 0.717) is 0 Å². The van der Waals surface area contributed by atoms with Gasteiger partial charge in [0.25, 0.3) is 0 Å². The number of amides is 1. The van der Waals surface area contributed by atoms with Crippen LogP contribution in [0, 0.1) is 5.92 Å². The maximum Gasteiger partial charge on any atom is 0.410 e. The van der Waals surface area contributed by atoms with Gasteiger partial charge < -0.3 is 14.4 Å². The summed E-state index contributed by atoms with van der Waals surface area (Å²) >= 11 is 0. The lowest BCUT2D eigenvalue weighted by Crippen LogP contribution is -2.70. The molecule has 0 atom stereocenters. The molecule has 1 rings (SSSR count). The van der Waals surface area contributed by atoms with Gasteiger partial charge in [-0.1, -0.05) is 13.8 Å². The summed E-state index contributed by atoms with van der Waals surface area (Å²) < 4.78 is 10.3. The first-order valence-corrected chi connectivity index (χ1v) is 6.63. The molecule has 1 aliphatic heterocycles. The first kappa shape index (κ1) is 16.7. The van der Waals surface area contributed by atoms with E-state index in [1.165, 1.54) is 4.90 Å². The van der Waals surface area contributed by atoms with E-state index in [1.807, 2.05) is 13.8 Å². The van der Waals surface area contributed by atoms with Gasteiger partial charge >= 0.3 is 12.1 Å². The molecule has 0 aliphatic carbocycles. The van der Waals surface area contributed by atoms with Crippen molar-refractivity contribution in [1.82, 2.24) is 4.90 Å². The van der Waals surface area contributed by atoms with E-state index in [0.717, 1.165) is 0 Å². The number of carbonyl (C=O) groups excluding carboxylic acids is 2. The molecule has 1 fully saturated rings. The molecule has 1 aliphatic rings. The smallest absolute Gasteiger partial charge is 0.410 e. The second-order valence-electron chi connectivity index (χ2n) is 6.44. The highest BCUT2D eigenvalue weighted by atomic mass is 16.7. The highest BCUT2D eigenvalue weighted by Gasteiger charge is 2.55. The van der Waals surface area contributed by atoms with Crippen LogP contribution in [0.2, 0.25) is 0 Å². The van der Waals surface area contributed by atoms with Gasteiger partial charge in [-0.25, -0.2) is 15.5 Å². The summed E-state index contributed by atoms with van der Waals surface area (Å²) in [6.45, 7) is 9.53. The zero-order chi connectivity index (χ0) is 15.6. The molecule has 7 nitrogen and oxygen atoms in total. The summed E-state index contributed by atoms with van der Waals surface area (Å²) in [6.07, 6.45) is -0.498. The zero-order valence-corrected chi connectivity index (χ0v) is 12.8. The average Bonchev–Trinajstić information content (AvgIpc) is 2.23. The predicted molar refractivity (Wildman–Crippen MR) is 71.6 cm³/mol. The molecular weight excluding hydrogens is 264 g/mol. The molecule has 116 valence electrons. The van der Waals surface area contributed by atoms with Gasteiger partial charge in [-0.2, -0.15) is 0 Å². The Labute approximate surface area is 119 Å². The summed E-state index contributed by atoms with van der Waals surface area (Å²) in [5, 5.41) is 0. The van der Waals surface area contributed by atoms with E-state index < -0.39 is 23.3 Å². The lowest BCUT2D eigenvalue weighted by molar-refractivity contribution is -0.196. The lowest BCUT2D eigenvalue weighted by atomic mass is 9.94. The first-order chi connectivity index (χ1) is 9.09. The maximum absolute atomic E-state index is 11.9. The molecule has 0 spiro atoms. The number of likely N-dealkylation sites (tertiary alicyclic amines) is 1. The second-order valence-corrected chi connectivity index (χ2v) is 6.44. The molecule has 0 unspecified atom stereocenters. The monoisotopic (exact) mass is 288 g/mol. The molecule has 0 aromatic heterocycles. The van der Waals surface area contributed by atoms with Crippen molar-refractivity contribution in [1.29, 1.82) is 0 Å². The van der Waals surface area contributed by atoms with Gasteiger partial charge in [-0.3, -0.25) is 4.84 Å². The van der Waals surface area contributed by atoms with Gasteiger partial charge in [0.15, 0.2) is 0 Å². The minimum atomic E-state index is -1.27. The van der Waals surface area contributed by atoms with Crippen LogP contribution >= 0.6 is 0 Å². The minimum Gasteiger partial charge on any atom is -0.463 e. The molecule has 0 aromatic rings. The Morgan fingerprint density at radius 1 is 1.30 bits per heavy atom. The van der Waals surface area contributed by atoms with Crippen LogP contribution in [0.5, 0.6) is 0 Å². The van der Waals surface area contributed by atoms with Crippen LogP contribution < -0.4 is 5.90 Å². The van der Waals surface area contributed by atoms with Crippen molar-refractivity contribution in [3.05, 3.63) is 0 Å². The number of hydrogen-bond donors (Lipinski definition) is 1. The zero-order valence-electron chi connectivity index (χ0n) is 12.8. The number of carbonyl (C=O) groups is 2. The molecule has 2 N–H and O–H groups in total. The predicted octanol–water partition coefficient (Wildman–Crippen LogP) is 1.07. The van der Waals surface area contributed by atoms with E-state index in [1.54, 1.807) is 20.8 Å². The van der Waals surface area contributed by atoms with Crippen LogP contribution in [0.3, 0.4) is 0 Å². The molecule has 0 bridgehead atoms.